The fourth-order valence-corrected chi connectivity index (χ4v) is 2.86. The van der Waals surface area contributed by atoms with Gasteiger partial charge >= 0.3 is 5.97 Å². The highest BCUT2D eigenvalue weighted by Crippen LogP contribution is 2.12. The van der Waals surface area contributed by atoms with Gasteiger partial charge in [0.1, 0.15) is 11.7 Å². The molecule has 29 heavy (non-hydrogen) atoms. The van der Waals surface area contributed by atoms with Crippen molar-refractivity contribution in [2.45, 2.75) is 26.3 Å². The van der Waals surface area contributed by atoms with E-state index in [1.54, 1.807) is 48.5 Å². The second kappa shape index (κ2) is 10.6. The highest BCUT2D eigenvalue weighted by atomic mass is 79.9. The van der Waals surface area contributed by atoms with Crippen LogP contribution < -0.4 is 10.6 Å². The molecule has 0 aliphatic rings. The molecule has 0 spiro atoms. The molecule has 1 unspecified atom stereocenters. The zero-order chi connectivity index (χ0) is 21.4. The molecule has 2 amide bonds. The van der Waals surface area contributed by atoms with Gasteiger partial charge in [-0.2, -0.15) is 0 Å². The monoisotopic (exact) mass is 458 g/mol. The van der Waals surface area contributed by atoms with Gasteiger partial charge in [0.05, 0.1) is 0 Å². The quantitative estimate of drug-likeness (QED) is 0.523. The normalized spacial score (nSPS) is 12.3. The number of aliphatic carboxylic acids is 1. The maximum Gasteiger partial charge on any atom is 0.326 e. The first kappa shape index (κ1) is 22.4. The Labute approximate surface area is 178 Å². The van der Waals surface area contributed by atoms with Gasteiger partial charge in [0, 0.05) is 10.0 Å². The van der Waals surface area contributed by atoms with E-state index < -0.39 is 23.8 Å². The van der Waals surface area contributed by atoms with Crippen LogP contribution in [0.5, 0.6) is 0 Å². The molecular formula is C22H23BrN2O4. The van der Waals surface area contributed by atoms with Crippen molar-refractivity contribution in [1.29, 1.82) is 0 Å². The molecule has 152 valence electrons. The Hall–Kier alpha value is -2.93. The zero-order valence-corrected chi connectivity index (χ0v) is 17.8. The summed E-state index contributed by atoms with van der Waals surface area (Å²) in [6.07, 6.45) is 1.79. The summed E-state index contributed by atoms with van der Waals surface area (Å²) in [6, 6.07) is 14.6. The molecule has 0 aromatic heterocycles. The lowest BCUT2D eigenvalue weighted by atomic mass is 10.0. The first-order chi connectivity index (χ1) is 13.8. The van der Waals surface area contributed by atoms with E-state index >= 15 is 0 Å². The average Bonchev–Trinajstić information content (AvgIpc) is 2.67. The maximum atomic E-state index is 12.8. The van der Waals surface area contributed by atoms with Crippen molar-refractivity contribution in [2.24, 2.45) is 5.92 Å². The number of halogens is 1. The van der Waals surface area contributed by atoms with Crippen molar-refractivity contribution in [3.8, 4) is 0 Å². The molecule has 0 aliphatic heterocycles. The second-order valence-corrected chi connectivity index (χ2v) is 7.84. The van der Waals surface area contributed by atoms with E-state index in [1.807, 2.05) is 19.9 Å². The summed E-state index contributed by atoms with van der Waals surface area (Å²) in [5, 5.41) is 14.5. The van der Waals surface area contributed by atoms with Crippen molar-refractivity contribution in [2.75, 3.05) is 0 Å². The second-order valence-electron chi connectivity index (χ2n) is 6.92. The molecule has 3 N–H and O–H groups in total. The highest BCUT2D eigenvalue weighted by Gasteiger charge is 2.24. The van der Waals surface area contributed by atoms with E-state index in [1.165, 1.54) is 6.08 Å². The van der Waals surface area contributed by atoms with E-state index in [2.05, 4.69) is 26.6 Å². The number of rotatable bonds is 8. The number of carboxylic acids is 1. The molecule has 0 heterocycles. The average molecular weight is 459 g/mol. The summed E-state index contributed by atoms with van der Waals surface area (Å²) >= 11 is 3.31. The summed E-state index contributed by atoms with van der Waals surface area (Å²) < 4.78 is 0.824. The molecule has 0 saturated carbocycles. The van der Waals surface area contributed by atoms with Crippen molar-refractivity contribution < 1.29 is 19.5 Å². The van der Waals surface area contributed by atoms with Gasteiger partial charge in [-0.1, -0.05) is 60.1 Å². The molecule has 0 bridgehead atoms. The van der Waals surface area contributed by atoms with Gasteiger partial charge in [-0.05, 0) is 48.2 Å². The third kappa shape index (κ3) is 7.19. The fraction of sp³-hybridized carbons (Fsp3) is 0.227. The van der Waals surface area contributed by atoms with Gasteiger partial charge in [0.2, 0.25) is 0 Å². The molecule has 6 nitrogen and oxygen atoms in total. The molecule has 2 aromatic carbocycles. The van der Waals surface area contributed by atoms with Gasteiger partial charge < -0.3 is 15.7 Å². The van der Waals surface area contributed by atoms with Crippen LogP contribution in [0.2, 0.25) is 0 Å². The molecule has 0 fully saturated rings. The molecular weight excluding hydrogens is 436 g/mol. The first-order valence-corrected chi connectivity index (χ1v) is 9.93. The number of hydrogen-bond acceptors (Lipinski definition) is 3. The molecule has 7 heteroatoms. The number of carboxylic acid groups (broad SMARTS) is 1. The minimum atomic E-state index is -1.12. The predicted octanol–water partition coefficient (Wildman–Crippen LogP) is 3.84. The van der Waals surface area contributed by atoms with Crippen molar-refractivity contribution in [3.63, 3.8) is 0 Å². The van der Waals surface area contributed by atoms with Crippen molar-refractivity contribution >= 4 is 39.8 Å². The lowest BCUT2D eigenvalue weighted by Gasteiger charge is -2.18. The van der Waals surface area contributed by atoms with Crippen molar-refractivity contribution in [3.05, 3.63) is 75.9 Å². The number of hydrogen-bond donors (Lipinski definition) is 3. The van der Waals surface area contributed by atoms with Crippen LogP contribution in [0, 0.1) is 5.92 Å². The third-order valence-corrected chi connectivity index (χ3v) is 4.55. The van der Waals surface area contributed by atoms with E-state index in [0.717, 1.165) is 4.47 Å². The van der Waals surface area contributed by atoms with E-state index in [9.17, 15) is 19.5 Å². The molecule has 0 radical (unpaired) electrons. The van der Waals surface area contributed by atoms with Gasteiger partial charge in [0.15, 0.2) is 0 Å². The van der Waals surface area contributed by atoms with Crippen LogP contribution in [-0.4, -0.2) is 28.9 Å². The summed E-state index contributed by atoms with van der Waals surface area (Å²) in [4.78, 5) is 36.9. The fourth-order valence-electron chi connectivity index (χ4n) is 2.60. The molecule has 2 rings (SSSR count). The van der Waals surface area contributed by atoms with Crippen LogP contribution >= 0.6 is 15.9 Å². The number of nitrogens with one attached hydrogen (secondary N) is 2. The minimum absolute atomic E-state index is 0.0286. The standard InChI is InChI=1S/C22H23BrN2O4/c1-14(2)12-19(22(28)29)25-21(27)18(13-15-6-4-3-5-7-15)24-20(26)16-8-10-17(23)11-9-16/h3-11,13-14,19H,12H2,1-2H3,(H,24,26)(H,25,27)(H,28,29)/b18-13+. The number of carbonyl (C=O) groups is 3. The van der Waals surface area contributed by atoms with E-state index in [0.29, 0.717) is 11.1 Å². The minimum Gasteiger partial charge on any atom is -0.480 e. The van der Waals surface area contributed by atoms with Gasteiger partial charge in [0.25, 0.3) is 11.8 Å². The molecule has 1 atom stereocenters. The Morgan fingerprint density at radius 3 is 2.21 bits per heavy atom. The largest absolute Gasteiger partial charge is 0.480 e. The summed E-state index contributed by atoms with van der Waals surface area (Å²) in [6.45, 7) is 3.75. The van der Waals surface area contributed by atoms with Crippen molar-refractivity contribution in [1.82, 2.24) is 10.6 Å². The Kier molecular flexibility index (Phi) is 8.15. The number of carbonyl (C=O) groups excluding carboxylic acids is 2. The molecule has 0 saturated heterocycles. The highest BCUT2D eigenvalue weighted by molar-refractivity contribution is 9.10. The predicted molar refractivity (Wildman–Crippen MR) is 115 cm³/mol. The van der Waals surface area contributed by atoms with Crippen LogP contribution in [-0.2, 0) is 9.59 Å². The Morgan fingerprint density at radius 2 is 1.66 bits per heavy atom. The Morgan fingerprint density at radius 1 is 1.03 bits per heavy atom. The summed E-state index contributed by atoms with van der Waals surface area (Å²) in [7, 11) is 0. The van der Waals surface area contributed by atoms with E-state index in [4.69, 9.17) is 0 Å². The van der Waals surface area contributed by atoms with Crippen LogP contribution in [0.25, 0.3) is 6.08 Å². The van der Waals surface area contributed by atoms with Gasteiger partial charge in [-0.15, -0.1) is 0 Å². The number of amides is 2. The first-order valence-electron chi connectivity index (χ1n) is 9.13. The van der Waals surface area contributed by atoms with E-state index in [-0.39, 0.29) is 18.0 Å². The maximum absolute atomic E-state index is 12.8. The third-order valence-electron chi connectivity index (χ3n) is 4.02. The molecule has 0 aliphatic carbocycles. The lowest BCUT2D eigenvalue weighted by Crippen LogP contribution is -2.45. The van der Waals surface area contributed by atoms with Crippen LogP contribution in [0.3, 0.4) is 0 Å². The van der Waals surface area contributed by atoms with Gasteiger partial charge in [-0.25, -0.2) is 4.79 Å². The Bertz CT molecular complexity index is 893. The summed E-state index contributed by atoms with van der Waals surface area (Å²) in [5.74, 6) is -2.17. The number of benzene rings is 2. The van der Waals surface area contributed by atoms with Crippen LogP contribution in [0.15, 0.2) is 64.8 Å². The van der Waals surface area contributed by atoms with Crippen LogP contribution in [0.4, 0.5) is 0 Å². The smallest absolute Gasteiger partial charge is 0.326 e. The molecule has 2 aromatic rings. The zero-order valence-electron chi connectivity index (χ0n) is 16.2. The van der Waals surface area contributed by atoms with Gasteiger partial charge in [-0.3, -0.25) is 9.59 Å². The lowest BCUT2D eigenvalue weighted by molar-refractivity contribution is -0.141. The SMILES string of the molecule is CC(C)CC(NC(=O)/C(=C\c1ccccc1)NC(=O)c1ccc(Br)cc1)C(=O)O. The topological polar surface area (TPSA) is 95.5 Å². The van der Waals surface area contributed by atoms with Crippen LogP contribution in [0.1, 0.15) is 36.2 Å². The summed E-state index contributed by atoms with van der Waals surface area (Å²) in [5.41, 5.74) is 1.04. The Balaban J connectivity index is 2.28.